The van der Waals surface area contributed by atoms with E-state index in [-0.39, 0.29) is 11.5 Å². The number of anilines is 1. The second kappa shape index (κ2) is 8.39. The molecule has 0 unspecified atom stereocenters. The second-order valence-corrected chi connectivity index (χ2v) is 7.03. The average molecular weight is 423 g/mol. The van der Waals surface area contributed by atoms with E-state index in [9.17, 15) is 14.0 Å². The maximum absolute atomic E-state index is 12.9. The van der Waals surface area contributed by atoms with Crippen molar-refractivity contribution in [3.63, 3.8) is 0 Å². The van der Waals surface area contributed by atoms with Gasteiger partial charge >= 0.3 is 6.03 Å². The molecule has 1 aliphatic heterocycles. The molecule has 1 N–H and O–H groups in total. The van der Waals surface area contributed by atoms with E-state index in [1.807, 2.05) is 0 Å². The van der Waals surface area contributed by atoms with E-state index in [2.05, 4.69) is 5.32 Å². The first-order valence-corrected chi connectivity index (χ1v) is 9.47. The predicted molar refractivity (Wildman–Crippen MR) is 113 cm³/mol. The van der Waals surface area contributed by atoms with Crippen LogP contribution in [-0.2, 0) is 11.4 Å². The Bertz CT molecular complexity index is 1110. The van der Waals surface area contributed by atoms with E-state index in [4.69, 9.17) is 16.3 Å². The molecule has 3 aromatic carbocycles. The Morgan fingerprint density at radius 1 is 0.933 bits per heavy atom. The van der Waals surface area contributed by atoms with Gasteiger partial charge in [-0.05, 0) is 65.7 Å². The summed E-state index contributed by atoms with van der Waals surface area (Å²) < 4.78 is 18.6. The van der Waals surface area contributed by atoms with Crippen LogP contribution in [0.15, 0.2) is 78.5 Å². The van der Waals surface area contributed by atoms with Gasteiger partial charge in [0.05, 0.1) is 5.69 Å². The summed E-state index contributed by atoms with van der Waals surface area (Å²) in [5, 5.41) is 3.10. The van der Waals surface area contributed by atoms with Crippen LogP contribution >= 0.6 is 11.6 Å². The number of ether oxygens (including phenoxy) is 1. The minimum Gasteiger partial charge on any atom is -0.489 e. The monoisotopic (exact) mass is 422 g/mol. The number of imide groups is 1. The Morgan fingerprint density at radius 2 is 1.60 bits per heavy atom. The summed E-state index contributed by atoms with van der Waals surface area (Å²) in [6, 6.07) is 19.1. The van der Waals surface area contributed by atoms with Crippen LogP contribution in [0.4, 0.5) is 14.9 Å². The molecular weight excluding hydrogens is 407 g/mol. The molecule has 5 nitrogen and oxygen atoms in total. The van der Waals surface area contributed by atoms with Gasteiger partial charge in [-0.15, -0.1) is 0 Å². The molecule has 7 heteroatoms. The van der Waals surface area contributed by atoms with Gasteiger partial charge in [-0.1, -0.05) is 35.9 Å². The third kappa shape index (κ3) is 4.34. The number of benzene rings is 3. The zero-order valence-corrected chi connectivity index (χ0v) is 16.4. The molecule has 4 rings (SSSR count). The van der Waals surface area contributed by atoms with Crippen molar-refractivity contribution in [1.29, 1.82) is 0 Å². The molecule has 0 saturated carbocycles. The highest BCUT2D eigenvalue weighted by Gasteiger charge is 2.34. The maximum Gasteiger partial charge on any atom is 0.333 e. The lowest BCUT2D eigenvalue weighted by Crippen LogP contribution is -2.30. The van der Waals surface area contributed by atoms with Crippen LogP contribution in [0.5, 0.6) is 5.75 Å². The Hall–Kier alpha value is -3.64. The number of amides is 3. The first-order valence-electron chi connectivity index (χ1n) is 9.09. The highest BCUT2D eigenvalue weighted by atomic mass is 35.5. The van der Waals surface area contributed by atoms with Gasteiger partial charge < -0.3 is 10.1 Å². The number of nitrogens with zero attached hydrogens (tertiary/aromatic N) is 1. The van der Waals surface area contributed by atoms with Crippen LogP contribution in [0.1, 0.15) is 11.1 Å². The molecule has 0 aromatic heterocycles. The second-order valence-electron chi connectivity index (χ2n) is 6.59. The van der Waals surface area contributed by atoms with Gasteiger partial charge in [0.15, 0.2) is 0 Å². The topological polar surface area (TPSA) is 58.6 Å². The van der Waals surface area contributed by atoms with Crippen LogP contribution < -0.4 is 15.0 Å². The molecule has 150 valence electrons. The SMILES string of the molecule is O=C1N/C(=C/c2ccc(OCc3ccc(F)cc3)cc2)C(=O)N1c1ccc(Cl)cc1. The quantitative estimate of drug-likeness (QED) is 0.456. The minimum absolute atomic E-state index is 0.176. The number of urea groups is 1. The molecule has 3 amide bonds. The van der Waals surface area contributed by atoms with Gasteiger partial charge in [0, 0.05) is 5.02 Å². The summed E-state index contributed by atoms with van der Waals surface area (Å²) in [5.41, 5.74) is 2.19. The molecule has 0 aliphatic carbocycles. The van der Waals surface area contributed by atoms with E-state index < -0.39 is 11.9 Å². The molecule has 1 aliphatic rings. The third-order valence-corrected chi connectivity index (χ3v) is 4.72. The average Bonchev–Trinajstić information content (AvgIpc) is 3.02. The van der Waals surface area contributed by atoms with E-state index in [0.29, 0.717) is 23.1 Å². The lowest BCUT2D eigenvalue weighted by atomic mass is 10.2. The molecule has 0 bridgehead atoms. The van der Waals surface area contributed by atoms with Crippen molar-refractivity contribution < 1.29 is 18.7 Å². The molecule has 1 saturated heterocycles. The molecule has 1 fully saturated rings. The van der Waals surface area contributed by atoms with Crippen molar-refractivity contribution in [1.82, 2.24) is 5.32 Å². The largest absolute Gasteiger partial charge is 0.489 e. The number of nitrogens with one attached hydrogen (secondary N) is 1. The van der Waals surface area contributed by atoms with Crippen molar-refractivity contribution in [3.05, 3.63) is 100 Å². The van der Waals surface area contributed by atoms with Gasteiger partial charge in [0.1, 0.15) is 23.9 Å². The van der Waals surface area contributed by atoms with Crippen molar-refractivity contribution in [3.8, 4) is 5.75 Å². The molecule has 0 atom stereocenters. The van der Waals surface area contributed by atoms with Gasteiger partial charge in [-0.25, -0.2) is 14.1 Å². The summed E-state index contributed by atoms with van der Waals surface area (Å²) >= 11 is 5.86. The van der Waals surface area contributed by atoms with Gasteiger partial charge in [-0.2, -0.15) is 0 Å². The number of halogens is 2. The fourth-order valence-electron chi connectivity index (χ4n) is 2.93. The van der Waals surface area contributed by atoms with E-state index in [1.54, 1.807) is 66.7 Å². The zero-order chi connectivity index (χ0) is 21.1. The summed E-state index contributed by atoms with van der Waals surface area (Å²) in [7, 11) is 0. The number of rotatable bonds is 5. The first kappa shape index (κ1) is 19.7. The van der Waals surface area contributed by atoms with E-state index in [0.717, 1.165) is 16.0 Å². The Labute approximate surface area is 177 Å². The summed E-state index contributed by atoms with van der Waals surface area (Å²) in [5.74, 6) is -0.107. The van der Waals surface area contributed by atoms with Crippen LogP contribution in [0.2, 0.25) is 5.02 Å². The maximum atomic E-state index is 12.9. The van der Waals surface area contributed by atoms with Gasteiger partial charge in [0.25, 0.3) is 5.91 Å². The molecular formula is C23H16ClFN2O3. The smallest absolute Gasteiger partial charge is 0.333 e. The Kier molecular flexibility index (Phi) is 5.50. The highest BCUT2D eigenvalue weighted by Crippen LogP contribution is 2.24. The third-order valence-electron chi connectivity index (χ3n) is 4.47. The van der Waals surface area contributed by atoms with Crippen molar-refractivity contribution in [2.75, 3.05) is 4.90 Å². The first-order chi connectivity index (χ1) is 14.5. The van der Waals surface area contributed by atoms with Crippen molar-refractivity contribution in [2.24, 2.45) is 0 Å². The predicted octanol–water partition coefficient (Wildman–Crippen LogP) is 5.16. The molecule has 0 spiro atoms. The number of carbonyl (C=O) groups excluding carboxylic acids is 2. The molecule has 30 heavy (non-hydrogen) atoms. The standard InChI is InChI=1S/C23H16ClFN2O3/c24-17-5-9-19(10-6-17)27-22(28)21(26-23(27)29)13-15-3-11-20(12-4-15)30-14-16-1-7-18(25)8-2-16/h1-13H,14H2,(H,26,29)/b21-13+. The van der Waals surface area contributed by atoms with Gasteiger partial charge in [0.2, 0.25) is 0 Å². The number of hydrogen-bond donors (Lipinski definition) is 1. The summed E-state index contributed by atoms with van der Waals surface area (Å²) in [6.45, 7) is 0.311. The molecule has 0 radical (unpaired) electrons. The van der Waals surface area contributed by atoms with Gasteiger partial charge in [-0.3, -0.25) is 4.79 Å². The normalized spacial score (nSPS) is 14.9. The highest BCUT2D eigenvalue weighted by molar-refractivity contribution is 6.31. The fraction of sp³-hybridized carbons (Fsp3) is 0.0435. The molecule has 3 aromatic rings. The molecule has 1 heterocycles. The van der Waals surface area contributed by atoms with E-state index in [1.165, 1.54) is 12.1 Å². The van der Waals surface area contributed by atoms with Crippen LogP contribution in [0.3, 0.4) is 0 Å². The van der Waals surface area contributed by atoms with E-state index >= 15 is 0 Å². The summed E-state index contributed by atoms with van der Waals surface area (Å²) in [4.78, 5) is 25.9. The Morgan fingerprint density at radius 3 is 2.27 bits per heavy atom. The minimum atomic E-state index is -0.521. The number of hydrogen-bond acceptors (Lipinski definition) is 3. The lowest BCUT2D eigenvalue weighted by Gasteiger charge is -2.11. The zero-order valence-electron chi connectivity index (χ0n) is 15.6. The van der Waals surface area contributed by atoms with Crippen LogP contribution in [0.25, 0.3) is 6.08 Å². The summed E-state index contributed by atoms with van der Waals surface area (Å²) in [6.07, 6.45) is 1.60. The van der Waals surface area contributed by atoms with Crippen LogP contribution in [0, 0.1) is 5.82 Å². The number of carbonyl (C=O) groups is 2. The fourth-order valence-corrected chi connectivity index (χ4v) is 3.06. The van der Waals surface area contributed by atoms with Crippen molar-refractivity contribution in [2.45, 2.75) is 6.61 Å². The van der Waals surface area contributed by atoms with Crippen LogP contribution in [-0.4, -0.2) is 11.9 Å². The lowest BCUT2D eigenvalue weighted by molar-refractivity contribution is -0.113. The Balaban J connectivity index is 1.44. The van der Waals surface area contributed by atoms with Crippen molar-refractivity contribution >= 4 is 35.3 Å².